The minimum absolute atomic E-state index is 0.0709. The fourth-order valence-electron chi connectivity index (χ4n) is 4.42. The molecule has 0 bridgehead atoms. The molecule has 30 heavy (non-hydrogen) atoms. The SMILES string of the molecule is Cc1c(C(=O)OC(C)C(=O)N2CCCCCC2)sc2nc3n(c(=O)c12)CCCCC3. The van der Waals surface area contributed by atoms with Crippen LogP contribution < -0.4 is 5.56 Å². The van der Waals surface area contributed by atoms with Gasteiger partial charge in [0.25, 0.3) is 11.5 Å². The zero-order valence-electron chi connectivity index (χ0n) is 17.7. The highest BCUT2D eigenvalue weighted by Gasteiger charge is 2.28. The number of carbonyl (C=O) groups is 2. The lowest BCUT2D eigenvalue weighted by Crippen LogP contribution is -2.40. The minimum Gasteiger partial charge on any atom is -0.448 e. The Kier molecular flexibility index (Phi) is 6.22. The van der Waals surface area contributed by atoms with Crippen LogP contribution >= 0.6 is 11.3 Å². The summed E-state index contributed by atoms with van der Waals surface area (Å²) in [6.45, 7) is 5.50. The van der Waals surface area contributed by atoms with Gasteiger partial charge in [0.2, 0.25) is 0 Å². The van der Waals surface area contributed by atoms with Gasteiger partial charge in [-0.05, 0) is 45.1 Å². The van der Waals surface area contributed by atoms with Gasteiger partial charge in [-0.1, -0.05) is 19.3 Å². The zero-order chi connectivity index (χ0) is 21.3. The van der Waals surface area contributed by atoms with Crippen molar-refractivity contribution >= 4 is 33.4 Å². The highest BCUT2D eigenvalue weighted by Crippen LogP contribution is 2.29. The van der Waals surface area contributed by atoms with Gasteiger partial charge in [-0.3, -0.25) is 14.2 Å². The predicted octanol–water partition coefficient (Wildman–Crippen LogP) is 3.44. The van der Waals surface area contributed by atoms with Crippen molar-refractivity contribution in [3.63, 3.8) is 0 Å². The Bertz CT molecular complexity index is 1020. The second kappa shape index (κ2) is 8.88. The van der Waals surface area contributed by atoms with E-state index in [2.05, 4.69) is 0 Å². The van der Waals surface area contributed by atoms with Crippen LogP contribution in [0.15, 0.2) is 4.79 Å². The quantitative estimate of drug-likeness (QED) is 0.696. The molecule has 2 aliphatic rings. The van der Waals surface area contributed by atoms with E-state index in [1.165, 1.54) is 11.3 Å². The second-order valence-corrected chi connectivity index (χ2v) is 9.32. The molecule has 2 aliphatic heterocycles. The van der Waals surface area contributed by atoms with Crippen molar-refractivity contribution in [1.29, 1.82) is 0 Å². The van der Waals surface area contributed by atoms with Crippen LogP contribution in [0, 0.1) is 6.92 Å². The summed E-state index contributed by atoms with van der Waals surface area (Å²) in [6.07, 6.45) is 7.26. The number of esters is 1. The topological polar surface area (TPSA) is 81.5 Å². The number of amides is 1. The number of carbonyl (C=O) groups excluding carboxylic acids is 2. The Labute approximate surface area is 180 Å². The van der Waals surface area contributed by atoms with E-state index in [0.717, 1.165) is 70.3 Å². The third-order valence-electron chi connectivity index (χ3n) is 6.15. The Morgan fingerprint density at radius 3 is 2.43 bits per heavy atom. The molecule has 1 atom stereocenters. The number of aryl methyl sites for hydroxylation is 2. The van der Waals surface area contributed by atoms with E-state index >= 15 is 0 Å². The summed E-state index contributed by atoms with van der Waals surface area (Å²) >= 11 is 1.19. The lowest BCUT2D eigenvalue weighted by Gasteiger charge is -2.23. The number of hydrogen-bond acceptors (Lipinski definition) is 6. The van der Waals surface area contributed by atoms with Gasteiger partial charge in [0.05, 0.1) is 5.39 Å². The number of rotatable bonds is 3. The van der Waals surface area contributed by atoms with Crippen LogP contribution in [0.25, 0.3) is 10.2 Å². The van der Waals surface area contributed by atoms with Crippen LogP contribution in [0.3, 0.4) is 0 Å². The van der Waals surface area contributed by atoms with Crippen molar-refractivity contribution in [2.45, 2.75) is 77.9 Å². The molecule has 1 saturated heterocycles. The first-order valence-corrected chi connectivity index (χ1v) is 11.8. The molecule has 8 heteroatoms. The molecular weight excluding hydrogens is 402 g/mol. The molecule has 1 amide bonds. The van der Waals surface area contributed by atoms with Crippen LogP contribution in [0.1, 0.15) is 72.9 Å². The molecular formula is C22H29N3O4S. The number of ether oxygens (including phenoxy) is 1. The fourth-order valence-corrected chi connectivity index (χ4v) is 5.49. The number of likely N-dealkylation sites (tertiary alicyclic amines) is 1. The molecule has 7 nitrogen and oxygen atoms in total. The molecule has 0 aliphatic carbocycles. The van der Waals surface area contributed by atoms with E-state index in [1.807, 2.05) is 0 Å². The van der Waals surface area contributed by atoms with Gasteiger partial charge in [0.15, 0.2) is 6.10 Å². The lowest BCUT2D eigenvalue weighted by molar-refractivity contribution is -0.139. The van der Waals surface area contributed by atoms with Crippen LogP contribution in [-0.4, -0.2) is 45.5 Å². The van der Waals surface area contributed by atoms with Gasteiger partial charge in [-0.2, -0.15) is 0 Å². The van der Waals surface area contributed by atoms with E-state index in [-0.39, 0.29) is 11.5 Å². The second-order valence-electron chi connectivity index (χ2n) is 8.32. The molecule has 0 radical (unpaired) electrons. The van der Waals surface area contributed by atoms with E-state index < -0.39 is 12.1 Å². The van der Waals surface area contributed by atoms with Gasteiger partial charge in [0, 0.05) is 26.1 Å². The average molecular weight is 432 g/mol. The molecule has 1 fully saturated rings. The zero-order valence-corrected chi connectivity index (χ0v) is 18.6. The summed E-state index contributed by atoms with van der Waals surface area (Å²) in [6, 6.07) is 0. The molecule has 0 saturated carbocycles. The maximum atomic E-state index is 13.1. The van der Waals surface area contributed by atoms with Crippen molar-refractivity contribution in [3.05, 3.63) is 26.6 Å². The van der Waals surface area contributed by atoms with Crippen molar-refractivity contribution < 1.29 is 14.3 Å². The summed E-state index contributed by atoms with van der Waals surface area (Å²) in [4.78, 5) is 46.1. The van der Waals surface area contributed by atoms with E-state index in [4.69, 9.17) is 9.72 Å². The normalized spacial score (nSPS) is 18.4. The molecule has 1 unspecified atom stereocenters. The van der Waals surface area contributed by atoms with Crippen molar-refractivity contribution in [2.75, 3.05) is 13.1 Å². The van der Waals surface area contributed by atoms with Gasteiger partial charge in [-0.15, -0.1) is 11.3 Å². The van der Waals surface area contributed by atoms with E-state index in [1.54, 1.807) is 23.3 Å². The number of aromatic nitrogens is 2. The maximum Gasteiger partial charge on any atom is 0.349 e. The van der Waals surface area contributed by atoms with E-state index in [9.17, 15) is 14.4 Å². The Balaban J connectivity index is 1.57. The van der Waals surface area contributed by atoms with Crippen LogP contribution in [0.4, 0.5) is 0 Å². The molecule has 0 spiro atoms. The maximum absolute atomic E-state index is 13.1. The van der Waals surface area contributed by atoms with Gasteiger partial charge < -0.3 is 9.64 Å². The molecule has 0 N–H and O–H groups in total. The third-order valence-corrected chi connectivity index (χ3v) is 7.31. The summed E-state index contributed by atoms with van der Waals surface area (Å²) in [5.74, 6) is 0.107. The first kappa shape index (κ1) is 21.0. The first-order valence-electron chi connectivity index (χ1n) is 11.0. The van der Waals surface area contributed by atoms with Crippen LogP contribution in [0.2, 0.25) is 0 Å². The number of fused-ring (bicyclic) bond motifs is 2. The number of nitrogens with zero attached hydrogens (tertiary/aromatic N) is 3. The van der Waals surface area contributed by atoms with Gasteiger partial charge >= 0.3 is 5.97 Å². The smallest absolute Gasteiger partial charge is 0.349 e. The monoisotopic (exact) mass is 431 g/mol. The van der Waals surface area contributed by atoms with Crippen LogP contribution in [0.5, 0.6) is 0 Å². The molecule has 4 heterocycles. The number of thiophene rings is 1. The van der Waals surface area contributed by atoms with Crippen molar-refractivity contribution in [3.8, 4) is 0 Å². The van der Waals surface area contributed by atoms with Gasteiger partial charge in [0.1, 0.15) is 15.5 Å². The Morgan fingerprint density at radius 1 is 1.03 bits per heavy atom. The van der Waals surface area contributed by atoms with Crippen LogP contribution in [-0.2, 0) is 22.5 Å². The van der Waals surface area contributed by atoms with Gasteiger partial charge in [-0.25, -0.2) is 9.78 Å². The van der Waals surface area contributed by atoms with Crippen molar-refractivity contribution in [1.82, 2.24) is 14.5 Å². The molecule has 0 aromatic carbocycles. The summed E-state index contributed by atoms with van der Waals surface area (Å²) in [7, 11) is 0. The summed E-state index contributed by atoms with van der Waals surface area (Å²) < 4.78 is 7.29. The summed E-state index contributed by atoms with van der Waals surface area (Å²) in [5, 5.41) is 0.504. The highest BCUT2D eigenvalue weighted by molar-refractivity contribution is 7.20. The number of hydrogen-bond donors (Lipinski definition) is 0. The third kappa shape index (κ3) is 4.02. The lowest BCUT2D eigenvalue weighted by atomic mass is 10.2. The van der Waals surface area contributed by atoms with Crippen molar-refractivity contribution in [2.24, 2.45) is 0 Å². The first-order chi connectivity index (χ1) is 14.5. The standard InChI is InChI=1S/C22H29N3O4S/c1-14-17-19(23-16-10-6-5-9-13-25(16)21(17)27)30-18(14)22(28)29-15(2)20(26)24-11-7-3-4-8-12-24/h15H,3-13H2,1-2H3. The average Bonchev–Trinajstić information content (AvgIpc) is 2.96. The Hall–Kier alpha value is -2.22. The largest absolute Gasteiger partial charge is 0.448 e. The molecule has 2 aromatic rings. The molecule has 4 rings (SSSR count). The highest BCUT2D eigenvalue weighted by atomic mass is 32.1. The molecule has 2 aromatic heterocycles. The minimum atomic E-state index is -0.842. The predicted molar refractivity (Wildman–Crippen MR) is 116 cm³/mol. The molecule has 162 valence electrons. The summed E-state index contributed by atoms with van der Waals surface area (Å²) in [5.41, 5.74) is 0.532. The Morgan fingerprint density at radius 2 is 1.70 bits per heavy atom. The fraction of sp³-hybridized carbons (Fsp3) is 0.636. The van der Waals surface area contributed by atoms with E-state index in [0.29, 0.717) is 27.2 Å².